The highest BCUT2D eigenvalue weighted by molar-refractivity contribution is 5.89. The van der Waals surface area contributed by atoms with E-state index in [4.69, 9.17) is 5.11 Å². The minimum atomic E-state index is -0.307. The van der Waals surface area contributed by atoms with Crippen molar-refractivity contribution in [2.45, 2.75) is 47.1 Å². The van der Waals surface area contributed by atoms with Crippen LogP contribution < -0.4 is 5.32 Å². The molecule has 7 heteroatoms. The number of nitriles is 1. The van der Waals surface area contributed by atoms with Gasteiger partial charge in [-0.2, -0.15) is 10.4 Å². The van der Waals surface area contributed by atoms with Gasteiger partial charge in [-0.3, -0.25) is 10.00 Å². The monoisotopic (exact) mass is 321 g/mol. The SMILES string of the molecule is CC(C)n1cc(C#N)c(NC(=O)N(CCCO)CC(C)(C)C)n1. The van der Waals surface area contributed by atoms with Crippen molar-refractivity contribution < 1.29 is 9.90 Å². The van der Waals surface area contributed by atoms with E-state index in [1.165, 1.54) is 0 Å². The second-order valence-electron chi connectivity index (χ2n) is 7.07. The molecule has 0 radical (unpaired) electrons. The summed E-state index contributed by atoms with van der Waals surface area (Å²) in [5.74, 6) is 0.272. The number of aromatic nitrogens is 2. The number of nitrogens with zero attached hydrogens (tertiary/aromatic N) is 4. The van der Waals surface area contributed by atoms with Crippen molar-refractivity contribution >= 4 is 11.8 Å². The highest BCUT2D eigenvalue weighted by Gasteiger charge is 2.22. The largest absolute Gasteiger partial charge is 0.396 e. The molecule has 2 amide bonds. The molecule has 0 aliphatic heterocycles. The van der Waals surface area contributed by atoms with Gasteiger partial charge in [0, 0.05) is 31.9 Å². The van der Waals surface area contributed by atoms with Crippen molar-refractivity contribution in [3.05, 3.63) is 11.8 Å². The zero-order chi connectivity index (χ0) is 17.6. The van der Waals surface area contributed by atoms with Crippen LogP contribution in [-0.4, -0.2) is 45.5 Å². The summed E-state index contributed by atoms with van der Waals surface area (Å²) in [6.07, 6.45) is 2.14. The van der Waals surface area contributed by atoms with Gasteiger partial charge in [0.1, 0.15) is 11.6 Å². The Bertz CT molecular complexity index is 566. The van der Waals surface area contributed by atoms with Gasteiger partial charge in [0.2, 0.25) is 0 Å². The molecule has 7 nitrogen and oxygen atoms in total. The third-order valence-electron chi connectivity index (χ3n) is 3.15. The summed E-state index contributed by atoms with van der Waals surface area (Å²) in [7, 11) is 0. The zero-order valence-corrected chi connectivity index (χ0v) is 14.6. The van der Waals surface area contributed by atoms with Gasteiger partial charge in [0.05, 0.1) is 0 Å². The molecule has 0 aromatic carbocycles. The first kappa shape index (κ1) is 19.0. The molecule has 0 aliphatic carbocycles. The Morgan fingerprint density at radius 2 is 2.17 bits per heavy atom. The van der Waals surface area contributed by atoms with Crippen LogP contribution in [0.25, 0.3) is 0 Å². The maximum Gasteiger partial charge on any atom is 0.323 e. The quantitative estimate of drug-likeness (QED) is 0.842. The second kappa shape index (κ2) is 7.97. The summed E-state index contributed by atoms with van der Waals surface area (Å²) < 4.78 is 1.65. The van der Waals surface area contributed by atoms with Crippen molar-refractivity contribution in [2.24, 2.45) is 5.41 Å². The molecule has 0 aliphatic rings. The molecule has 0 saturated carbocycles. The first-order chi connectivity index (χ1) is 10.7. The summed E-state index contributed by atoms with van der Waals surface area (Å²) in [5.41, 5.74) is 0.271. The molecule has 1 aromatic heterocycles. The van der Waals surface area contributed by atoms with Crippen molar-refractivity contribution in [1.82, 2.24) is 14.7 Å². The van der Waals surface area contributed by atoms with E-state index in [1.54, 1.807) is 15.8 Å². The number of carbonyl (C=O) groups is 1. The number of urea groups is 1. The second-order valence-corrected chi connectivity index (χ2v) is 7.07. The molecule has 0 unspecified atom stereocenters. The van der Waals surface area contributed by atoms with E-state index in [0.717, 1.165) is 0 Å². The number of anilines is 1. The van der Waals surface area contributed by atoms with E-state index < -0.39 is 0 Å². The van der Waals surface area contributed by atoms with Gasteiger partial charge in [-0.15, -0.1) is 0 Å². The number of nitrogens with one attached hydrogen (secondary N) is 1. The molecule has 1 heterocycles. The lowest BCUT2D eigenvalue weighted by Gasteiger charge is -2.29. The van der Waals surface area contributed by atoms with Crippen molar-refractivity contribution in [3.8, 4) is 6.07 Å². The van der Waals surface area contributed by atoms with Crippen molar-refractivity contribution in [1.29, 1.82) is 5.26 Å². The minimum absolute atomic E-state index is 0.0271. The maximum absolute atomic E-state index is 12.5. The van der Waals surface area contributed by atoms with Crippen LogP contribution in [0.4, 0.5) is 10.6 Å². The van der Waals surface area contributed by atoms with Crippen LogP contribution in [0.5, 0.6) is 0 Å². The summed E-state index contributed by atoms with van der Waals surface area (Å²) in [6, 6.07) is 1.85. The van der Waals surface area contributed by atoms with Gasteiger partial charge in [0.25, 0.3) is 0 Å². The molecule has 0 spiro atoms. The minimum Gasteiger partial charge on any atom is -0.396 e. The standard InChI is InChI=1S/C16H27N5O2/c1-12(2)21-10-13(9-17)14(19-21)18-15(23)20(7-6-8-22)11-16(3,4)5/h10,12,22H,6-8,11H2,1-5H3,(H,18,19,23). The fraction of sp³-hybridized carbons (Fsp3) is 0.688. The number of aliphatic hydroxyl groups excluding tert-OH is 1. The fourth-order valence-electron chi connectivity index (χ4n) is 2.10. The molecule has 0 bridgehead atoms. The summed E-state index contributed by atoms with van der Waals surface area (Å²) in [6.45, 7) is 11.1. The molecule has 2 N–H and O–H groups in total. The van der Waals surface area contributed by atoms with E-state index in [2.05, 4.69) is 10.4 Å². The Morgan fingerprint density at radius 1 is 1.52 bits per heavy atom. The topological polar surface area (TPSA) is 94.2 Å². The Hall–Kier alpha value is -2.07. The lowest BCUT2D eigenvalue weighted by atomic mass is 9.96. The van der Waals surface area contributed by atoms with E-state index in [9.17, 15) is 10.1 Å². The molecule has 1 rings (SSSR count). The third-order valence-corrected chi connectivity index (χ3v) is 3.15. The van der Waals surface area contributed by atoms with Crippen LogP contribution in [0.2, 0.25) is 0 Å². The number of hydrogen-bond donors (Lipinski definition) is 2. The van der Waals surface area contributed by atoms with Gasteiger partial charge in [0.15, 0.2) is 5.82 Å². The van der Waals surface area contributed by atoms with Gasteiger partial charge < -0.3 is 10.0 Å². The van der Waals surface area contributed by atoms with E-state index in [1.807, 2.05) is 40.7 Å². The van der Waals surface area contributed by atoms with E-state index in [-0.39, 0.29) is 29.9 Å². The van der Waals surface area contributed by atoms with Gasteiger partial charge in [-0.1, -0.05) is 20.8 Å². The highest BCUT2D eigenvalue weighted by Crippen LogP contribution is 2.19. The summed E-state index contributed by atoms with van der Waals surface area (Å²) in [5, 5.41) is 25.2. The first-order valence-electron chi connectivity index (χ1n) is 7.84. The average Bonchev–Trinajstić information content (AvgIpc) is 2.85. The third kappa shape index (κ3) is 5.91. The number of rotatable bonds is 6. The number of aliphatic hydroxyl groups is 1. The van der Waals surface area contributed by atoms with Crippen LogP contribution in [-0.2, 0) is 0 Å². The lowest BCUT2D eigenvalue weighted by molar-refractivity contribution is 0.176. The highest BCUT2D eigenvalue weighted by atomic mass is 16.3. The lowest BCUT2D eigenvalue weighted by Crippen LogP contribution is -2.41. The molecule has 0 fully saturated rings. The van der Waals surface area contributed by atoms with Gasteiger partial charge in [-0.05, 0) is 25.7 Å². The van der Waals surface area contributed by atoms with Crippen LogP contribution in [0.1, 0.15) is 52.6 Å². The smallest absolute Gasteiger partial charge is 0.323 e. The summed E-state index contributed by atoms with van der Waals surface area (Å²) in [4.78, 5) is 14.2. The van der Waals surface area contributed by atoms with Crippen LogP contribution >= 0.6 is 0 Å². The fourth-order valence-corrected chi connectivity index (χ4v) is 2.10. The molecular formula is C16H27N5O2. The number of amides is 2. The predicted molar refractivity (Wildman–Crippen MR) is 89.1 cm³/mol. The average molecular weight is 321 g/mol. The molecule has 0 atom stereocenters. The summed E-state index contributed by atoms with van der Waals surface area (Å²) >= 11 is 0. The van der Waals surface area contributed by atoms with Crippen LogP contribution in [0.3, 0.4) is 0 Å². The maximum atomic E-state index is 12.5. The van der Waals surface area contributed by atoms with Crippen molar-refractivity contribution in [2.75, 3.05) is 25.0 Å². The Labute approximate surface area is 137 Å². The Balaban J connectivity index is 2.91. The Morgan fingerprint density at radius 3 is 2.65 bits per heavy atom. The molecular weight excluding hydrogens is 294 g/mol. The van der Waals surface area contributed by atoms with Crippen LogP contribution in [0, 0.1) is 16.7 Å². The molecule has 0 saturated heterocycles. The normalized spacial score (nSPS) is 11.4. The first-order valence-corrected chi connectivity index (χ1v) is 7.84. The van der Waals surface area contributed by atoms with Gasteiger partial charge >= 0.3 is 6.03 Å². The predicted octanol–water partition coefficient (Wildman–Crippen LogP) is 2.60. The molecule has 23 heavy (non-hydrogen) atoms. The number of hydrogen-bond acceptors (Lipinski definition) is 4. The zero-order valence-electron chi connectivity index (χ0n) is 14.6. The Kier molecular flexibility index (Phi) is 6.58. The van der Waals surface area contributed by atoms with Crippen LogP contribution in [0.15, 0.2) is 6.20 Å². The van der Waals surface area contributed by atoms with Crippen molar-refractivity contribution in [3.63, 3.8) is 0 Å². The van der Waals surface area contributed by atoms with E-state index in [0.29, 0.717) is 25.1 Å². The number of carbonyl (C=O) groups excluding carboxylic acids is 1. The molecule has 1 aromatic rings. The van der Waals surface area contributed by atoms with Gasteiger partial charge in [-0.25, -0.2) is 4.79 Å². The molecule has 128 valence electrons. The van der Waals surface area contributed by atoms with E-state index >= 15 is 0 Å².